The molecular formula is C11H12N2S. The van der Waals surface area contributed by atoms with Crippen LogP contribution in [0.15, 0.2) is 35.7 Å². The maximum atomic E-state index is 5.49. The van der Waals surface area contributed by atoms with Crippen molar-refractivity contribution in [3.05, 3.63) is 41.4 Å². The van der Waals surface area contributed by atoms with Gasteiger partial charge in [0, 0.05) is 12.1 Å². The highest BCUT2D eigenvalue weighted by atomic mass is 32.1. The highest BCUT2D eigenvalue weighted by Crippen LogP contribution is 2.22. The third kappa shape index (κ3) is 2.00. The topological polar surface area (TPSA) is 38.9 Å². The van der Waals surface area contributed by atoms with Crippen LogP contribution in [0.25, 0.3) is 10.6 Å². The largest absolute Gasteiger partial charge is 0.330 e. The lowest BCUT2D eigenvalue weighted by atomic mass is 10.2. The molecule has 2 N–H and O–H groups in total. The van der Waals surface area contributed by atoms with Gasteiger partial charge in [0.05, 0.1) is 10.6 Å². The van der Waals surface area contributed by atoms with Crippen molar-refractivity contribution < 1.29 is 0 Å². The van der Waals surface area contributed by atoms with Gasteiger partial charge in [0.25, 0.3) is 0 Å². The zero-order valence-corrected chi connectivity index (χ0v) is 8.63. The summed E-state index contributed by atoms with van der Waals surface area (Å²) in [6.45, 7) is 0.654. The van der Waals surface area contributed by atoms with Crippen LogP contribution in [0.3, 0.4) is 0 Å². The SMILES string of the molecule is NCCc1cccc(-c2cccs2)n1. The van der Waals surface area contributed by atoms with Gasteiger partial charge in [0.15, 0.2) is 0 Å². The molecule has 2 aromatic heterocycles. The van der Waals surface area contributed by atoms with Gasteiger partial charge in [0.1, 0.15) is 0 Å². The Balaban J connectivity index is 2.31. The zero-order chi connectivity index (χ0) is 9.80. The smallest absolute Gasteiger partial charge is 0.0804 e. The number of nitrogens with zero attached hydrogens (tertiary/aromatic N) is 1. The molecule has 0 aliphatic heterocycles. The second-order valence-electron chi connectivity index (χ2n) is 3.03. The van der Waals surface area contributed by atoms with E-state index >= 15 is 0 Å². The van der Waals surface area contributed by atoms with Crippen LogP contribution in [-0.4, -0.2) is 11.5 Å². The Labute approximate surface area is 87.4 Å². The summed E-state index contributed by atoms with van der Waals surface area (Å²) >= 11 is 1.71. The Bertz CT molecular complexity index is 395. The predicted octanol–water partition coefficient (Wildman–Crippen LogP) is 2.31. The van der Waals surface area contributed by atoms with Crippen LogP contribution in [0.4, 0.5) is 0 Å². The average molecular weight is 204 g/mol. The number of hydrogen-bond donors (Lipinski definition) is 1. The van der Waals surface area contributed by atoms with Crippen molar-refractivity contribution in [3.63, 3.8) is 0 Å². The summed E-state index contributed by atoms with van der Waals surface area (Å²) in [5, 5.41) is 2.06. The van der Waals surface area contributed by atoms with Crippen molar-refractivity contribution in [1.82, 2.24) is 4.98 Å². The first-order chi connectivity index (χ1) is 6.90. The minimum atomic E-state index is 0.654. The molecule has 0 radical (unpaired) electrons. The van der Waals surface area contributed by atoms with Crippen LogP contribution >= 0.6 is 11.3 Å². The van der Waals surface area contributed by atoms with Gasteiger partial charge in [0.2, 0.25) is 0 Å². The van der Waals surface area contributed by atoms with Crippen LogP contribution < -0.4 is 5.73 Å². The van der Waals surface area contributed by atoms with E-state index in [0.29, 0.717) is 6.54 Å². The minimum Gasteiger partial charge on any atom is -0.330 e. The van der Waals surface area contributed by atoms with Crippen LogP contribution in [0, 0.1) is 0 Å². The Morgan fingerprint density at radius 1 is 1.21 bits per heavy atom. The Kier molecular flexibility index (Phi) is 2.91. The molecule has 0 bridgehead atoms. The quantitative estimate of drug-likeness (QED) is 0.833. The van der Waals surface area contributed by atoms with Crippen LogP contribution in [0.1, 0.15) is 5.69 Å². The van der Waals surface area contributed by atoms with E-state index in [4.69, 9.17) is 5.73 Å². The van der Waals surface area contributed by atoms with E-state index in [9.17, 15) is 0 Å². The van der Waals surface area contributed by atoms with Crippen LogP contribution in [0.5, 0.6) is 0 Å². The highest BCUT2D eigenvalue weighted by Gasteiger charge is 2.00. The van der Waals surface area contributed by atoms with E-state index < -0.39 is 0 Å². The minimum absolute atomic E-state index is 0.654. The summed E-state index contributed by atoms with van der Waals surface area (Å²) < 4.78 is 0. The molecule has 0 aliphatic rings. The van der Waals surface area contributed by atoms with Gasteiger partial charge >= 0.3 is 0 Å². The molecule has 2 nitrogen and oxygen atoms in total. The fourth-order valence-corrected chi connectivity index (χ4v) is 2.02. The summed E-state index contributed by atoms with van der Waals surface area (Å²) in [7, 11) is 0. The van der Waals surface area contributed by atoms with Gasteiger partial charge in [-0.15, -0.1) is 11.3 Å². The maximum absolute atomic E-state index is 5.49. The van der Waals surface area contributed by atoms with E-state index in [-0.39, 0.29) is 0 Å². The first kappa shape index (κ1) is 9.37. The number of aromatic nitrogens is 1. The molecule has 0 saturated carbocycles. The van der Waals surface area contributed by atoms with Crippen molar-refractivity contribution >= 4 is 11.3 Å². The average Bonchev–Trinajstić information content (AvgIpc) is 2.71. The summed E-state index contributed by atoms with van der Waals surface area (Å²) in [5.74, 6) is 0. The molecule has 0 atom stereocenters. The van der Waals surface area contributed by atoms with Crippen molar-refractivity contribution in [2.45, 2.75) is 6.42 Å². The molecule has 0 spiro atoms. The molecule has 3 heteroatoms. The molecule has 2 aromatic rings. The van der Waals surface area contributed by atoms with Crippen molar-refractivity contribution in [1.29, 1.82) is 0 Å². The third-order valence-corrected chi connectivity index (χ3v) is 2.87. The fourth-order valence-electron chi connectivity index (χ4n) is 1.33. The maximum Gasteiger partial charge on any atom is 0.0804 e. The third-order valence-electron chi connectivity index (χ3n) is 1.98. The fraction of sp³-hybridized carbons (Fsp3) is 0.182. The number of hydrogen-bond acceptors (Lipinski definition) is 3. The first-order valence-electron chi connectivity index (χ1n) is 4.60. The Morgan fingerprint density at radius 2 is 2.14 bits per heavy atom. The lowest BCUT2D eigenvalue weighted by Gasteiger charge is -2.00. The molecule has 0 amide bonds. The second kappa shape index (κ2) is 4.35. The lowest BCUT2D eigenvalue weighted by Crippen LogP contribution is -2.04. The number of pyridine rings is 1. The van der Waals surface area contributed by atoms with Crippen molar-refractivity contribution in [2.24, 2.45) is 5.73 Å². The van der Waals surface area contributed by atoms with Crippen molar-refractivity contribution in [3.8, 4) is 10.6 Å². The molecular weight excluding hydrogens is 192 g/mol. The second-order valence-corrected chi connectivity index (χ2v) is 3.98. The summed E-state index contributed by atoms with van der Waals surface area (Å²) in [4.78, 5) is 5.75. The molecule has 0 unspecified atom stereocenters. The van der Waals surface area contributed by atoms with E-state index in [1.807, 2.05) is 24.3 Å². The van der Waals surface area contributed by atoms with E-state index in [0.717, 1.165) is 17.8 Å². The number of nitrogens with two attached hydrogens (primary N) is 1. The molecule has 2 rings (SSSR count). The molecule has 72 valence electrons. The Morgan fingerprint density at radius 3 is 2.86 bits per heavy atom. The van der Waals surface area contributed by atoms with E-state index in [1.54, 1.807) is 11.3 Å². The van der Waals surface area contributed by atoms with Gasteiger partial charge in [-0.1, -0.05) is 12.1 Å². The van der Waals surface area contributed by atoms with Gasteiger partial charge in [-0.05, 0) is 30.1 Å². The van der Waals surface area contributed by atoms with Crippen LogP contribution in [0.2, 0.25) is 0 Å². The molecule has 0 aromatic carbocycles. The number of thiophene rings is 1. The van der Waals surface area contributed by atoms with E-state index in [2.05, 4.69) is 16.4 Å². The summed E-state index contributed by atoms with van der Waals surface area (Å²) in [6, 6.07) is 10.2. The monoisotopic (exact) mass is 204 g/mol. The van der Waals surface area contributed by atoms with Crippen molar-refractivity contribution in [2.75, 3.05) is 6.54 Å². The highest BCUT2D eigenvalue weighted by molar-refractivity contribution is 7.13. The zero-order valence-electron chi connectivity index (χ0n) is 7.81. The molecule has 0 aliphatic carbocycles. The van der Waals surface area contributed by atoms with Crippen LogP contribution in [-0.2, 0) is 6.42 Å². The lowest BCUT2D eigenvalue weighted by molar-refractivity contribution is 0.926. The predicted molar refractivity (Wildman–Crippen MR) is 60.3 cm³/mol. The standard InChI is InChI=1S/C11H12N2S/c12-7-6-9-3-1-4-10(13-9)11-5-2-8-14-11/h1-5,8H,6-7,12H2. The van der Waals surface area contributed by atoms with Gasteiger partial charge in [-0.25, -0.2) is 0 Å². The van der Waals surface area contributed by atoms with Gasteiger partial charge < -0.3 is 5.73 Å². The Hall–Kier alpha value is -1.19. The van der Waals surface area contributed by atoms with Gasteiger partial charge in [-0.3, -0.25) is 4.98 Å². The van der Waals surface area contributed by atoms with Gasteiger partial charge in [-0.2, -0.15) is 0 Å². The molecule has 14 heavy (non-hydrogen) atoms. The number of rotatable bonds is 3. The van der Waals surface area contributed by atoms with E-state index in [1.165, 1.54) is 4.88 Å². The normalized spacial score (nSPS) is 10.4. The molecule has 2 heterocycles. The summed E-state index contributed by atoms with van der Waals surface area (Å²) in [5.41, 5.74) is 7.61. The summed E-state index contributed by atoms with van der Waals surface area (Å²) in [6.07, 6.45) is 0.846. The molecule has 0 fully saturated rings. The first-order valence-corrected chi connectivity index (χ1v) is 5.48. The molecule has 0 saturated heterocycles.